The van der Waals surface area contributed by atoms with Crippen molar-refractivity contribution in [2.45, 2.75) is 190 Å². The van der Waals surface area contributed by atoms with E-state index in [2.05, 4.69) is 34.2 Å². The molecule has 0 saturated carbocycles. The van der Waals surface area contributed by atoms with Crippen LogP contribution in [-0.4, -0.2) is 44.8 Å². The van der Waals surface area contributed by atoms with Gasteiger partial charge in [-0.1, -0.05) is 114 Å². The first-order valence-electron chi connectivity index (χ1n) is 18.4. The van der Waals surface area contributed by atoms with Crippen molar-refractivity contribution in [3.63, 3.8) is 0 Å². The molecule has 0 aliphatic rings. The van der Waals surface area contributed by atoms with Crippen LogP contribution in [0.5, 0.6) is 0 Å². The summed E-state index contributed by atoms with van der Waals surface area (Å²) in [5, 5.41) is 20.4. The van der Waals surface area contributed by atoms with Crippen molar-refractivity contribution < 1.29 is 19.8 Å². The van der Waals surface area contributed by atoms with Crippen molar-refractivity contribution in [2.24, 2.45) is 0 Å². The molecule has 0 bridgehead atoms. The Morgan fingerprint density at radius 3 is 0.844 bits per heavy atom. The number of unbranched alkanes of at least 4 members (excludes halogenated alkanes) is 22. The topological polar surface area (TPSA) is 80.3 Å². The molecule has 7 heteroatoms. The Balaban J connectivity index is -0.000000720. The van der Waals surface area contributed by atoms with E-state index in [-0.39, 0.29) is 34.0 Å². The zero-order valence-electron chi connectivity index (χ0n) is 29.4. The van der Waals surface area contributed by atoms with Gasteiger partial charge in [-0.25, -0.2) is 0 Å². The Labute approximate surface area is 300 Å². The van der Waals surface area contributed by atoms with E-state index in [0.29, 0.717) is 0 Å². The Morgan fingerprint density at radius 2 is 0.622 bits per heavy atom. The summed E-state index contributed by atoms with van der Waals surface area (Å²) in [6.07, 6.45) is 40.6. The van der Waals surface area contributed by atoms with Gasteiger partial charge in [0.25, 0.3) is 0 Å². The van der Waals surface area contributed by atoms with E-state index >= 15 is 0 Å². The average Bonchev–Trinajstić information content (AvgIpc) is 3.01. The van der Waals surface area contributed by atoms with Gasteiger partial charge in [-0.15, -0.1) is 23.2 Å². The van der Waals surface area contributed by atoms with Gasteiger partial charge < -0.3 is 19.8 Å². The minimum absolute atomic E-state index is 0.214. The zero-order chi connectivity index (χ0) is 33.9. The molecule has 0 aliphatic carbocycles. The fourth-order valence-electron chi connectivity index (χ4n) is 4.72. The van der Waals surface area contributed by atoms with E-state index < -0.39 is 11.9 Å². The molecule has 45 heavy (non-hydrogen) atoms. The van der Waals surface area contributed by atoms with Crippen molar-refractivity contribution in [1.29, 1.82) is 0 Å². The van der Waals surface area contributed by atoms with E-state index in [0.717, 1.165) is 76.0 Å². The van der Waals surface area contributed by atoms with Gasteiger partial charge >= 0.3 is 31.0 Å². The predicted octanol–water partition coefficient (Wildman–Crippen LogP) is 10.8. The van der Waals surface area contributed by atoms with Crippen LogP contribution >= 0.6 is 23.2 Å². The van der Waals surface area contributed by atoms with Crippen LogP contribution in [0.3, 0.4) is 0 Å². The number of carbonyl (C=O) groups is 2. The summed E-state index contributed by atoms with van der Waals surface area (Å²) in [7, 11) is 0. The number of rotatable bonds is 32. The molecule has 0 rings (SSSR count). The second-order valence-electron chi connectivity index (χ2n) is 12.0. The Bertz CT molecular complexity index is 577. The van der Waals surface area contributed by atoms with Crippen LogP contribution in [0.4, 0.5) is 0 Å². The molecule has 0 aromatic heterocycles. The average molecular weight is 781 g/mol. The van der Waals surface area contributed by atoms with E-state index in [1.807, 2.05) is 0 Å². The first-order valence-corrected chi connectivity index (χ1v) is 25.1. The van der Waals surface area contributed by atoms with Gasteiger partial charge in [0.2, 0.25) is 0 Å². The van der Waals surface area contributed by atoms with Crippen LogP contribution in [0.15, 0.2) is 24.3 Å². The van der Waals surface area contributed by atoms with Crippen molar-refractivity contribution in [2.75, 3.05) is 11.8 Å². The second-order valence-corrected chi connectivity index (χ2v) is 15.6. The number of hydrogen-bond donors (Lipinski definition) is 0. The third-order valence-corrected chi connectivity index (χ3v) is 7.88. The number of hydrogen-bond acceptors (Lipinski definition) is 4. The molecule has 0 aromatic carbocycles. The molecule has 0 amide bonds. The summed E-state index contributed by atoms with van der Waals surface area (Å²) in [4.78, 5) is 25.0. The van der Waals surface area contributed by atoms with Crippen molar-refractivity contribution in [1.82, 2.24) is 0 Å². The van der Waals surface area contributed by atoms with Crippen LogP contribution < -0.4 is 10.2 Å². The number of alkyl halides is 2. The van der Waals surface area contributed by atoms with E-state index in [1.54, 1.807) is 0 Å². The quantitative estimate of drug-likeness (QED) is 0.0295. The predicted molar refractivity (Wildman–Crippen MR) is 196 cm³/mol. The summed E-state index contributed by atoms with van der Waals surface area (Å²) in [5.74, 6) is -0.229. The number of halogens is 2. The molecule has 0 heterocycles. The zero-order valence-corrected chi connectivity index (χ0v) is 33.8. The summed E-state index contributed by atoms with van der Waals surface area (Å²) in [6.45, 7) is 0. The normalized spacial score (nSPS) is 10.8. The third kappa shape index (κ3) is 59.7. The molecule has 0 radical (unpaired) electrons. The molecule has 4 nitrogen and oxygen atoms in total. The molecule has 264 valence electrons. The van der Waals surface area contributed by atoms with Crippen LogP contribution in [0.25, 0.3) is 0 Å². The van der Waals surface area contributed by atoms with Gasteiger partial charge in [0.1, 0.15) is 0 Å². The molecule has 0 aliphatic heterocycles. The molecular formula is C38H70Cl2O4Sn. The minimum atomic E-state index is -0.919. The summed E-state index contributed by atoms with van der Waals surface area (Å²) < 4.78 is 0. The number of carbonyl (C=O) groups excluding carboxylic acids is 2. The fraction of sp³-hybridized carbons (Fsp3) is 0.842. The molecule has 0 N–H and O–H groups in total. The number of aliphatic carboxylic acids is 2. The molecule has 0 unspecified atom stereocenters. The van der Waals surface area contributed by atoms with Gasteiger partial charge in [-0.2, -0.15) is 0 Å². The summed E-state index contributed by atoms with van der Waals surface area (Å²) in [6, 6.07) is 0. The van der Waals surface area contributed by atoms with Crippen LogP contribution in [0.1, 0.15) is 180 Å². The number of carboxylic acids is 2. The van der Waals surface area contributed by atoms with Crippen molar-refractivity contribution >= 4 is 56.3 Å². The van der Waals surface area contributed by atoms with Gasteiger partial charge in [0.05, 0.1) is 0 Å². The maximum absolute atomic E-state index is 10.2. The van der Waals surface area contributed by atoms with Crippen LogP contribution in [0, 0.1) is 0 Å². The number of carboxylic acid groups (broad SMARTS) is 2. The van der Waals surface area contributed by atoms with Gasteiger partial charge in [0.15, 0.2) is 0 Å². The second kappa shape index (κ2) is 48.2. The van der Waals surface area contributed by atoms with E-state index in [4.69, 9.17) is 23.2 Å². The van der Waals surface area contributed by atoms with Crippen LogP contribution in [0.2, 0.25) is 9.88 Å². The van der Waals surface area contributed by atoms with E-state index in [1.165, 1.54) is 103 Å². The van der Waals surface area contributed by atoms with Crippen molar-refractivity contribution in [3.8, 4) is 0 Å². The molecule has 0 spiro atoms. The molecular weight excluding hydrogens is 710 g/mol. The first-order chi connectivity index (χ1) is 22.0. The Morgan fingerprint density at radius 1 is 0.422 bits per heavy atom. The molecule has 0 aromatic rings. The standard InChI is InChI=1S/2C18H33ClO2.2CH3.Sn/c2*19-17-15-13-11-9-7-5-3-1-2-4-6-8-10-12-14-16-18(20)21;;;/h2*1-2H,3-17H2,(H,20,21);2*1H3;/q;;;;+2/p-2/b2*2-1-;;;. The van der Waals surface area contributed by atoms with Crippen molar-refractivity contribution in [3.05, 3.63) is 24.3 Å². The van der Waals surface area contributed by atoms with Gasteiger partial charge in [-0.05, 0) is 89.9 Å². The number of allylic oxidation sites excluding steroid dienone is 4. The fourth-order valence-corrected chi connectivity index (χ4v) is 5.10. The third-order valence-electron chi connectivity index (χ3n) is 7.35. The first kappa shape index (κ1) is 49.2. The van der Waals surface area contributed by atoms with Crippen LogP contribution in [-0.2, 0) is 9.59 Å². The summed E-state index contributed by atoms with van der Waals surface area (Å²) in [5.41, 5.74) is 0. The maximum atomic E-state index is 10.2. The van der Waals surface area contributed by atoms with E-state index in [9.17, 15) is 19.8 Å². The molecule has 0 fully saturated rings. The molecule has 0 saturated heterocycles. The van der Waals surface area contributed by atoms with Gasteiger partial charge in [-0.3, -0.25) is 0 Å². The monoisotopic (exact) mass is 780 g/mol. The molecule has 0 atom stereocenters. The Kier molecular flexibility index (Phi) is 52.7. The summed E-state index contributed by atoms with van der Waals surface area (Å²) >= 11 is 11.5. The van der Waals surface area contributed by atoms with Gasteiger partial charge in [0, 0.05) is 23.7 Å². The Hall–Kier alpha value is -0.201. The SMILES string of the molecule is O=C([O-])CCCCCCC/C=C\CCCCCCCCCl.O=C([O-])CCCCCCC/C=C\CCCCCCCCCl.[CH3][Sn+2][CH3].